The molecule has 0 spiro atoms. The van der Waals surface area contributed by atoms with Crippen LogP contribution in [-0.2, 0) is 11.3 Å². The molecule has 2 N–H and O–H groups in total. The molecule has 0 radical (unpaired) electrons. The monoisotopic (exact) mass is 266 g/mol. The highest BCUT2D eigenvalue weighted by Crippen LogP contribution is 2.24. The number of rotatable bonds is 5. The Morgan fingerprint density at radius 1 is 1.53 bits per heavy atom. The maximum Gasteiger partial charge on any atom is 0.223 e. The lowest BCUT2D eigenvalue weighted by atomic mass is 9.84. The van der Waals surface area contributed by atoms with Crippen molar-refractivity contribution in [3.05, 3.63) is 11.7 Å². The second-order valence-corrected chi connectivity index (χ2v) is 5.28. The largest absolute Gasteiger partial charge is 0.349 e. The Balaban J connectivity index is 1.71. The second kappa shape index (κ2) is 6.65. The number of hydrogen-bond acceptors (Lipinski definition) is 5. The van der Waals surface area contributed by atoms with E-state index in [4.69, 9.17) is 4.52 Å². The molecule has 2 rings (SSSR count). The summed E-state index contributed by atoms with van der Waals surface area (Å²) in [5, 5.41) is 9.93. The van der Waals surface area contributed by atoms with Gasteiger partial charge in [-0.05, 0) is 37.8 Å². The minimum absolute atomic E-state index is 0.0634. The van der Waals surface area contributed by atoms with Crippen LogP contribution in [0.2, 0.25) is 0 Å². The van der Waals surface area contributed by atoms with Crippen molar-refractivity contribution in [3.63, 3.8) is 0 Å². The minimum atomic E-state index is 0.0634. The van der Waals surface area contributed by atoms with Crippen LogP contribution < -0.4 is 10.6 Å². The van der Waals surface area contributed by atoms with E-state index in [2.05, 4.69) is 27.7 Å². The zero-order valence-corrected chi connectivity index (χ0v) is 11.6. The molecule has 0 bridgehead atoms. The third kappa shape index (κ3) is 4.31. The van der Waals surface area contributed by atoms with Crippen LogP contribution in [0.1, 0.15) is 37.9 Å². The van der Waals surface area contributed by atoms with Gasteiger partial charge in [-0.25, -0.2) is 0 Å². The lowest BCUT2D eigenvalue weighted by Gasteiger charge is -2.27. The number of aromatic nitrogens is 2. The number of aryl methyl sites for hydroxylation is 1. The topological polar surface area (TPSA) is 80.0 Å². The van der Waals surface area contributed by atoms with Crippen molar-refractivity contribution in [2.75, 3.05) is 13.1 Å². The van der Waals surface area contributed by atoms with Crippen LogP contribution in [-0.4, -0.2) is 29.1 Å². The Morgan fingerprint density at radius 2 is 2.26 bits per heavy atom. The first-order valence-corrected chi connectivity index (χ1v) is 6.91. The molecule has 1 aromatic rings. The van der Waals surface area contributed by atoms with E-state index in [9.17, 15) is 4.79 Å². The maximum absolute atomic E-state index is 11.9. The molecule has 1 saturated heterocycles. The zero-order valence-electron chi connectivity index (χ0n) is 11.6. The molecule has 1 fully saturated rings. The SMILES string of the molecule is Cc1nc(CNC(=O)CC(C)C2CCNCC2)no1. The molecule has 1 aliphatic rings. The average molecular weight is 266 g/mol. The fourth-order valence-corrected chi connectivity index (χ4v) is 2.54. The lowest BCUT2D eigenvalue weighted by Crippen LogP contribution is -2.33. The van der Waals surface area contributed by atoms with Gasteiger partial charge < -0.3 is 15.2 Å². The number of nitrogens with zero attached hydrogens (tertiary/aromatic N) is 2. The molecule has 0 aliphatic carbocycles. The van der Waals surface area contributed by atoms with Gasteiger partial charge in [-0.2, -0.15) is 4.98 Å². The quantitative estimate of drug-likeness (QED) is 0.831. The van der Waals surface area contributed by atoms with Gasteiger partial charge in [0.05, 0.1) is 6.54 Å². The molecular formula is C13H22N4O2. The molecule has 2 heterocycles. The summed E-state index contributed by atoms with van der Waals surface area (Å²) in [6.07, 6.45) is 2.90. The van der Waals surface area contributed by atoms with Crippen LogP contribution in [0.5, 0.6) is 0 Å². The van der Waals surface area contributed by atoms with Gasteiger partial charge in [0.1, 0.15) is 0 Å². The summed E-state index contributed by atoms with van der Waals surface area (Å²) in [7, 11) is 0. The van der Waals surface area contributed by atoms with Crippen LogP contribution in [0.4, 0.5) is 0 Å². The highest BCUT2D eigenvalue weighted by Gasteiger charge is 2.21. The van der Waals surface area contributed by atoms with E-state index in [0.717, 1.165) is 13.1 Å². The van der Waals surface area contributed by atoms with Gasteiger partial charge in [0.2, 0.25) is 11.8 Å². The van der Waals surface area contributed by atoms with Gasteiger partial charge in [0.15, 0.2) is 5.82 Å². The van der Waals surface area contributed by atoms with E-state index in [-0.39, 0.29) is 5.91 Å². The van der Waals surface area contributed by atoms with Gasteiger partial charge in [-0.3, -0.25) is 4.79 Å². The highest BCUT2D eigenvalue weighted by molar-refractivity contribution is 5.76. The standard InChI is InChI=1S/C13H22N4O2/c1-9(11-3-5-14-6-4-11)7-13(18)15-8-12-16-10(2)19-17-12/h9,11,14H,3-8H2,1-2H3,(H,15,18). The predicted molar refractivity (Wildman–Crippen MR) is 70.3 cm³/mol. The van der Waals surface area contributed by atoms with Crippen molar-refractivity contribution in [2.24, 2.45) is 11.8 Å². The van der Waals surface area contributed by atoms with Gasteiger partial charge in [0, 0.05) is 13.3 Å². The predicted octanol–water partition coefficient (Wildman–Crippen LogP) is 1.02. The molecule has 1 amide bonds. The third-order valence-electron chi connectivity index (χ3n) is 3.71. The average Bonchev–Trinajstić information content (AvgIpc) is 2.83. The first-order valence-electron chi connectivity index (χ1n) is 6.91. The number of amides is 1. The molecule has 106 valence electrons. The number of carbonyl (C=O) groups is 1. The fraction of sp³-hybridized carbons (Fsp3) is 0.769. The van der Waals surface area contributed by atoms with Crippen molar-refractivity contribution in [1.29, 1.82) is 0 Å². The van der Waals surface area contributed by atoms with Crippen molar-refractivity contribution >= 4 is 5.91 Å². The lowest BCUT2D eigenvalue weighted by molar-refractivity contribution is -0.122. The van der Waals surface area contributed by atoms with Gasteiger partial charge in [0.25, 0.3) is 0 Å². The Labute approximate surface area is 113 Å². The summed E-state index contributed by atoms with van der Waals surface area (Å²) in [5.41, 5.74) is 0. The van der Waals surface area contributed by atoms with Crippen molar-refractivity contribution in [1.82, 2.24) is 20.8 Å². The maximum atomic E-state index is 11.9. The second-order valence-electron chi connectivity index (χ2n) is 5.28. The van der Waals surface area contributed by atoms with Crippen LogP contribution in [0.3, 0.4) is 0 Å². The van der Waals surface area contributed by atoms with Gasteiger partial charge in [-0.15, -0.1) is 0 Å². The molecule has 1 atom stereocenters. The van der Waals surface area contributed by atoms with E-state index < -0.39 is 0 Å². The molecule has 1 aliphatic heterocycles. The summed E-state index contributed by atoms with van der Waals surface area (Å²) >= 11 is 0. The summed E-state index contributed by atoms with van der Waals surface area (Å²) < 4.78 is 4.85. The van der Waals surface area contributed by atoms with Crippen LogP contribution in [0.15, 0.2) is 4.52 Å². The summed E-state index contributed by atoms with van der Waals surface area (Å²) in [5.74, 6) is 2.19. The molecule has 1 unspecified atom stereocenters. The van der Waals surface area contributed by atoms with E-state index in [1.54, 1.807) is 6.92 Å². The summed E-state index contributed by atoms with van der Waals surface area (Å²) in [6.45, 7) is 6.37. The molecule has 0 aromatic carbocycles. The van der Waals surface area contributed by atoms with Crippen molar-refractivity contribution in [2.45, 2.75) is 39.7 Å². The van der Waals surface area contributed by atoms with Crippen molar-refractivity contribution < 1.29 is 9.32 Å². The molecule has 19 heavy (non-hydrogen) atoms. The number of carbonyl (C=O) groups excluding carboxylic acids is 1. The molecule has 1 aromatic heterocycles. The Kier molecular flexibility index (Phi) is 4.90. The Bertz CT molecular complexity index is 413. The van der Waals surface area contributed by atoms with Crippen LogP contribution in [0.25, 0.3) is 0 Å². The Morgan fingerprint density at radius 3 is 2.89 bits per heavy atom. The minimum Gasteiger partial charge on any atom is -0.349 e. The molecule has 0 saturated carbocycles. The van der Waals surface area contributed by atoms with E-state index >= 15 is 0 Å². The summed E-state index contributed by atoms with van der Waals surface area (Å²) in [4.78, 5) is 15.9. The Hall–Kier alpha value is -1.43. The fourth-order valence-electron chi connectivity index (χ4n) is 2.54. The normalized spacial score (nSPS) is 18.2. The number of hydrogen-bond donors (Lipinski definition) is 2. The van der Waals surface area contributed by atoms with Crippen LogP contribution >= 0.6 is 0 Å². The first kappa shape index (κ1) is 14.0. The molecular weight excluding hydrogens is 244 g/mol. The molecule has 6 nitrogen and oxygen atoms in total. The smallest absolute Gasteiger partial charge is 0.223 e. The third-order valence-corrected chi connectivity index (χ3v) is 3.71. The van der Waals surface area contributed by atoms with Gasteiger partial charge >= 0.3 is 0 Å². The number of piperidine rings is 1. The van der Waals surface area contributed by atoms with Gasteiger partial charge in [-0.1, -0.05) is 12.1 Å². The highest BCUT2D eigenvalue weighted by atomic mass is 16.5. The number of nitrogens with one attached hydrogen (secondary N) is 2. The first-order chi connectivity index (χ1) is 9.15. The van der Waals surface area contributed by atoms with E-state index in [1.165, 1.54) is 12.8 Å². The summed E-state index contributed by atoms with van der Waals surface area (Å²) in [6, 6.07) is 0. The van der Waals surface area contributed by atoms with Crippen molar-refractivity contribution in [3.8, 4) is 0 Å². The zero-order chi connectivity index (χ0) is 13.7. The molecule has 6 heteroatoms. The van der Waals surface area contributed by atoms with E-state index in [1.807, 2.05) is 0 Å². The van der Waals surface area contributed by atoms with E-state index in [0.29, 0.717) is 36.5 Å². The van der Waals surface area contributed by atoms with Crippen LogP contribution in [0, 0.1) is 18.8 Å².